The minimum absolute atomic E-state index is 0.0479. The van der Waals surface area contributed by atoms with Crippen LogP contribution in [0.3, 0.4) is 0 Å². The normalized spacial score (nSPS) is 10.1. The lowest BCUT2D eigenvalue weighted by atomic mass is 10.2. The monoisotopic (exact) mass is 335 g/mol. The largest absolute Gasteiger partial charge is 0.332 e. The summed E-state index contributed by atoms with van der Waals surface area (Å²) in [5, 5.41) is 17.8. The van der Waals surface area contributed by atoms with Crippen molar-refractivity contribution in [2.75, 3.05) is 10.6 Å². The van der Waals surface area contributed by atoms with Gasteiger partial charge in [0.25, 0.3) is 5.69 Å². The highest BCUT2D eigenvalue weighted by Crippen LogP contribution is 2.23. The Morgan fingerprint density at radius 2 is 1.82 bits per heavy atom. The number of thiocarbonyl (C=S) groups is 1. The average Bonchev–Trinajstić information content (AvgIpc) is 2.44. The third kappa shape index (κ3) is 3.93. The molecule has 0 bridgehead atoms. The van der Waals surface area contributed by atoms with Gasteiger partial charge in [-0.1, -0.05) is 23.7 Å². The summed E-state index contributed by atoms with van der Waals surface area (Å²) < 4.78 is 0. The molecule has 0 heterocycles. The van der Waals surface area contributed by atoms with Gasteiger partial charge in [0.2, 0.25) is 0 Å². The molecule has 0 radical (unpaired) electrons. The number of nitro benzene ring substituents is 1. The lowest BCUT2D eigenvalue weighted by molar-refractivity contribution is -0.385. The lowest BCUT2D eigenvalue weighted by Gasteiger charge is -2.13. The fourth-order valence-electron chi connectivity index (χ4n) is 1.90. The van der Waals surface area contributed by atoms with E-state index in [9.17, 15) is 10.1 Å². The van der Waals surface area contributed by atoms with Crippen molar-refractivity contribution in [3.05, 3.63) is 62.7 Å². The fraction of sp³-hybridized carbons (Fsp3) is 0.133. The minimum Gasteiger partial charge on any atom is -0.332 e. The molecular formula is C15H14ClN3O2S. The van der Waals surface area contributed by atoms with E-state index in [1.165, 1.54) is 6.07 Å². The first-order valence-corrected chi connectivity index (χ1v) is 7.24. The Bertz CT molecular complexity index is 750. The first-order chi connectivity index (χ1) is 10.4. The highest BCUT2D eigenvalue weighted by Gasteiger charge is 2.11. The van der Waals surface area contributed by atoms with E-state index < -0.39 is 4.92 Å². The number of aryl methyl sites for hydroxylation is 2. The maximum absolute atomic E-state index is 10.9. The number of nitro groups is 1. The Labute approximate surface area is 138 Å². The van der Waals surface area contributed by atoms with Crippen molar-refractivity contribution in [2.45, 2.75) is 13.8 Å². The summed E-state index contributed by atoms with van der Waals surface area (Å²) in [5.41, 5.74) is 2.97. The molecule has 2 aromatic rings. The van der Waals surface area contributed by atoms with Crippen LogP contribution in [0.15, 0.2) is 36.4 Å². The molecule has 0 aliphatic rings. The van der Waals surface area contributed by atoms with Crippen molar-refractivity contribution in [2.24, 2.45) is 0 Å². The van der Waals surface area contributed by atoms with E-state index in [0.29, 0.717) is 21.4 Å². The highest BCUT2D eigenvalue weighted by molar-refractivity contribution is 7.80. The molecular weight excluding hydrogens is 322 g/mol. The molecule has 22 heavy (non-hydrogen) atoms. The van der Waals surface area contributed by atoms with E-state index >= 15 is 0 Å². The Morgan fingerprint density at radius 1 is 1.14 bits per heavy atom. The van der Waals surface area contributed by atoms with Gasteiger partial charge in [0.15, 0.2) is 5.11 Å². The minimum atomic E-state index is -0.419. The SMILES string of the molecule is Cc1ccc(Cl)cc1NC(=S)Nc1ccc(C)c([N+](=O)[O-])c1. The zero-order valence-electron chi connectivity index (χ0n) is 12.0. The standard InChI is InChI=1S/C15H14ClN3O2S/c1-9-3-5-11(16)7-13(9)18-15(22)17-12-6-4-10(2)14(8-12)19(20)21/h3-8H,1-2H3,(H2,17,18,22). The molecule has 0 amide bonds. The molecule has 0 atom stereocenters. The molecule has 0 saturated carbocycles. The van der Waals surface area contributed by atoms with Crippen molar-refractivity contribution < 1.29 is 4.92 Å². The number of hydrogen-bond acceptors (Lipinski definition) is 3. The molecule has 114 valence electrons. The molecule has 2 aromatic carbocycles. The Morgan fingerprint density at radius 3 is 2.50 bits per heavy atom. The van der Waals surface area contributed by atoms with Crippen LogP contribution < -0.4 is 10.6 Å². The van der Waals surface area contributed by atoms with Gasteiger partial charge in [-0.05, 0) is 49.8 Å². The third-order valence-corrected chi connectivity index (χ3v) is 3.55. The smallest absolute Gasteiger partial charge is 0.274 e. The number of halogens is 1. The Hall–Kier alpha value is -2.18. The van der Waals surface area contributed by atoms with Gasteiger partial charge in [-0.2, -0.15) is 0 Å². The van der Waals surface area contributed by atoms with E-state index in [0.717, 1.165) is 11.3 Å². The van der Waals surface area contributed by atoms with E-state index in [4.69, 9.17) is 23.8 Å². The second-order valence-corrected chi connectivity index (χ2v) is 5.64. The van der Waals surface area contributed by atoms with Crippen LogP contribution in [0.1, 0.15) is 11.1 Å². The topological polar surface area (TPSA) is 67.2 Å². The number of rotatable bonds is 3. The van der Waals surface area contributed by atoms with Crippen LogP contribution in [0.2, 0.25) is 5.02 Å². The van der Waals surface area contributed by atoms with Gasteiger partial charge in [0.1, 0.15) is 0 Å². The van der Waals surface area contributed by atoms with Gasteiger partial charge in [-0.15, -0.1) is 0 Å². The van der Waals surface area contributed by atoms with Crippen LogP contribution >= 0.6 is 23.8 Å². The van der Waals surface area contributed by atoms with Gasteiger partial charge in [0.05, 0.1) is 4.92 Å². The summed E-state index contributed by atoms with van der Waals surface area (Å²) in [6.07, 6.45) is 0. The number of benzene rings is 2. The van der Waals surface area contributed by atoms with Gasteiger partial charge in [-0.25, -0.2) is 0 Å². The fourth-order valence-corrected chi connectivity index (χ4v) is 2.30. The summed E-state index contributed by atoms with van der Waals surface area (Å²) in [4.78, 5) is 10.5. The maximum Gasteiger partial charge on any atom is 0.274 e. The molecule has 0 aromatic heterocycles. The number of hydrogen-bond donors (Lipinski definition) is 2. The van der Waals surface area contributed by atoms with Crippen LogP contribution in [0.5, 0.6) is 0 Å². The van der Waals surface area contributed by atoms with Crippen molar-refractivity contribution in [3.63, 3.8) is 0 Å². The number of nitrogens with one attached hydrogen (secondary N) is 2. The third-order valence-electron chi connectivity index (χ3n) is 3.11. The number of nitrogens with zero attached hydrogens (tertiary/aromatic N) is 1. The zero-order chi connectivity index (χ0) is 16.3. The van der Waals surface area contributed by atoms with Crippen LogP contribution in [0.25, 0.3) is 0 Å². The quantitative estimate of drug-likeness (QED) is 0.484. The highest BCUT2D eigenvalue weighted by atomic mass is 35.5. The summed E-state index contributed by atoms with van der Waals surface area (Å²) in [6.45, 7) is 3.62. The average molecular weight is 336 g/mol. The molecule has 0 fully saturated rings. The summed E-state index contributed by atoms with van der Waals surface area (Å²) in [7, 11) is 0. The predicted molar refractivity (Wildman–Crippen MR) is 93.9 cm³/mol. The molecule has 5 nitrogen and oxygen atoms in total. The summed E-state index contributed by atoms with van der Waals surface area (Å²) in [6, 6.07) is 10.3. The molecule has 2 N–H and O–H groups in total. The van der Waals surface area contributed by atoms with Crippen LogP contribution in [-0.4, -0.2) is 10.0 Å². The van der Waals surface area contributed by atoms with Gasteiger partial charge < -0.3 is 10.6 Å². The molecule has 7 heteroatoms. The molecule has 2 rings (SSSR count). The predicted octanol–water partition coefficient (Wildman–Crippen LogP) is 4.67. The van der Waals surface area contributed by atoms with E-state index in [-0.39, 0.29) is 5.69 Å². The van der Waals surface area contributed by atoms with E-state index in [1.54, 1.807) is 31.2 Å². The second-order valence-electron chi connectivity index (χ2n) is 4.80. The van der Waals surface area contributed by atoms with Crippen molar-refractivity contribution in [1.82, 2.24) is 0 Å². The van der Waals surface area contributed by atoms with Crippen molar-refractivity contribution >= 4 is 46.0 Å². The van der Waals surface area contributed by atoms with Crippen LogP contribution in [0, 0.1) is 24.0 Å². The van der Waals surface area contributed by atoms with Gasteiger partial charge in [-0.3, -0.25) is 10.1 Å². The summed E-state index contributed by atoms with van der Waals surface area (Å²) in [5.74, 6) is 0. The zero-order valence-corrected chi connectivity index (χ0v) is 13.6. The lowest BCUT2D eigenvalue weighted by Crippen LogP contribution is -2.19. The number of anilines is 2. The Kier molecular flexibility index (Phi) is 4.95. The van der Waals surface area contributed by atoms with Gasteiger partial charge >= 0.3 is 0 Å². The van der Waals surface area contributed by atoms with Crippen LogP contribution in [0.4, 0.5) is 17.1 Å². The molecule has 0 aliphatic carbocycles. The Balaban J connectivity index is 2.14. The van der Waals surface area contributed by atoms with E-state index in [2.05, 4.69) is 10.6 Å². The summed E-state index contributed by atoms with van der Waals surface area (Å²) >= 11 is 11.2. The molecule has 0 saturated heterocycles. The van der Waals surface area contributed by atoms with Gasteiger partial charge in [0, 0.05) is 28.0 Å². The van der Waals surface area contributed by atoms with Crippen molar-refractivity contribution in [3.8, 4) is 0 Å². The first-order valence-electron chi connectivity index (χ1n) is 6.46. The van der Waals surface area contributed by atoms with Crippen LogP contribution in [-0.2, 0) is 0 Å². The maximum atomic E-state index is 10.9. The van der Waals surface area contributed by atoms with E-state index in [1.807, 2.05) is 13.0 Å². The molecule has 0 unspecified atom stereocenters. The van der Waals surface area contributed by atoms with Crippen molar-refractivity contribution in [1.29, 1.82) is 0 Å². The molecule has 0 spiro atoms. The second kappa shape index (κ2) is 6.72. The molecule has 0 aliphatic heterocycles. The first kappa shape index (κ1) is 16.2.